The van der Waals surface area contributed by atoms with E-state index in [0.717, 1.165) is 36.2 Å². The summed E-state index contributed by atoms with van der Waals surface area (Å²) in [6, 6.07) is 0.256. The number of hydrogen-bond acceptors (Lipinski definition) is 4. The molecule has 0 spiro atoms. The van der Waals surface area contributed by atoms with Crippen molar-refractivity contribution < 1.29 is 4.79 Å². The number of rotatable bonds is 4. The third-order valence-corrected chi connectivity index (χ3v) is 4.60. The minimum atomic E-state index is 0. The summed E-state index contributed by atoms with van der Waals surface area (Å²) in [5, 5.41) is 9.75. The quantitative estimate of drug-likeness (QED) is 0.418. The van der Waals surface area contributed by atoms with E-state index >= 15 is 0 Å². The van der Waals surface area contributed by atoms with E-state index in [4.69, 9.17) is 0 Å². The lowest BCUT2D eigenvalue weighted by atomic mass is 10.2. The highest BCUT2D eigenvalue weighted by Gasteiger charge is 2.27. The monoisotopic (exact) mass is 451 g/mol. The number of hydrogen-bond donors (Lipinski definition) is 2. The maximum Gasteiger partial charge on any atom is 0.225 e. The molecular weight excluding hydrogens is 425 g/mol. The largest absolute Gasteiger partial charge is 0.352 e. The fourth-order valence-electron chi connectivity index (χ4n) is 2.47. The number of nitrogens with one attached hydrogen (secondary N) is 2. The van der Waals surface area contributed by atoms with E-state index in [1.165, 1.54) is 0 Å². The molecule has 0 aliphatic carbocycles. The van der Waals surface area contributed by atoms with Crippen LogP contribution in [0.2, 0.25) is 0 Å². The van der Waals surface area contributed by atoms with Crippen molar-refractivity contribution in [1.29, 1.82) is 0 Å². The summed E-state index contributed by atoms with van der Waals surface area (Å²) in [5.74, 6) is 1.05. The van der Waals surface area contributed by atoms with Crippen LogP contribution in [0.5, 0.6) is 0 Å². The normalized spacial score (nSPS) is 18.0. The second-order valence-electron chi connectivity index (χ2n) is 5.88. The van der Waals surface area contributed by atoms with E-state index in [1.54, 1.807) is 18.4 Å². The van der Waals surface area contributed by atoms with E-state index in [1.807, 2.05) is 31.1 Å². The lowest BCUT2D eigenvalue weighted by Crippen LogP contribution is -2.45. The number of aliphatic imine (C=N–C) groups is 1. The number of carbonyl (C=O) groups excluding carboxylic acids is 1. The van der Waals surface area contributed by atoms with Crippen LogP contribution in [0.3, 0.4) is 0 Å². The van der Waals surface area contributed by atoms with Crippen LogP contribution >= 0.6 is 35.3 Å². The van der Waals surface area contributed by atoms with Gasteiger partial charge in [0.25, 0.3) is 0 Å². The summed E-state index contributed by atoms with van der Waals surface area (Å²) in [4.78, 5) is 22.6. The number of likely N-dealkylation sites (tertiary alicyclic amines) is 1. The highest BCUT2D eigenvalue weighted by Crippen LogP contribution is 2.13. The SMILES string of the molecule is CN=C(NCc1nc(C)cs1)NC1CCN(C(=O)C(C)C)C1.I. The summed E-state index contributed by atoms with van der Waals surface area (Å²) >= 11 is 1.64. The molecule has 1 aliphatic heterocycles. The maximum absolute atomic E-state index is 12.0. The first-order valence-electron chi connectivity index (χ1n) is 7.66. The van der Waals surface area contributed by atoms with Crippen LogP contribution in [0, 0.1) is 12.8 Å². The van der Waals surface area contributed by atoms with E-state index in [0.29, 0.717) is 6.54 Å². The maximum atomic E-state index is 12.0. The molecule has 2 N–H and O–H groups in total. The van der Waals surface area contributed by atoms with Crippen LogP contribution in [0.25, 0.3) is 0 Å². The van der Waals surface area contributed by atoms with Crippen LogP contribution in [0.1, 0.15) is 31.0 Å². The number of aromatic nitrogens is 1. The van der Waals surface area contributed by atoms with Crippen molar-refractivity contribution in [3.63, 3.8) is 0 Å². The zero-order chi connectivity index (χ0) is 16.1. The highest BCUT2D eigenvalue weighted by molar-refractivity contribution is 14.0. The Labute approximate surface area is 159 Å². The molecule has 0 radical (unpaired) electrons. The zero-order valence-corrected chi connectivity index (χ0v) is 17.3. The highest BCUT2D eigenvalue weighted by atomic mass is 127. The molecule has 8 heteroatoms. The van der Waals surface area contributed by atoms with Crippen molar-refractivity contribution in [3.8, 4) is 0 Å². The standard InChI is InChI=1S/C15H25N5OS.HI/c1-10(2)14(21)20-6-5-12(8-20)19-15(16-4)17-7-13-18-11(3)9-22-13;/h9-10,12H,5-8H2,1-4H3,(H2,16,17,19);1H. The molecule has 1 unspecified atom stereocenters. The van der Waals surface area contributed by atoms with E-state index in [-0.39, 0.29) is 41.8 Å². The smallest absolute Gasteiger partial charge is 0.225 e. The van der Waals surface area contributed by atoms with E-state index in [2.05, 4.69) is 20.6 Å². The fraction of sp³-hybridized carbons (Fsp3) is 0.667. The summed E-state index contributed by atoms with van der Waals surface area (Å²) in [7, 11) is 1.76. The Morgan fingerprint density at radius 1 is 1.57 bits per heavy atom. The van der Waals surface area contributed by atoms with Gasteiger partial charge in [-0.05, 0) is 13.3 Å². The molecule has 6 nitrogen and oxygen atoms in total. The fourth-order valence-corrected chi connectivity index (χ4v) is 3.19. The van der Waals surface area contributed by atoms with Crippen LogP contribution in [-0.2, 0) is 11.3 Å². The molecule has 1 atom stereocenters. The van der Waals surface area contributed by atoms with Gasteiger partial charge >= 0.3 is 0 Å². The Kier molecular flexibility index (Phi) is 8.24. The molecule has 0 bridgehead atoms. The Morgan fingerprint density at radius 2 is 2.30 bits per heavy atom. The van der Waals surface area contributed by atoms with Gasteiger partial charge in [0.2, 0.25) is 5.91 Å². The van der Waals surface area contributed by atoms with Gasteiger partial charge in [-0.25, -0.2) is 4.98 Å². The lowest BCUT2D eigenvalue weighted by Gasteiger charge is -2.20. The number of thiazole rings is 1. The van der Waals surface area contributed by atoms with E-state index in [9.17, 15) is 4.79 Å². The van der Waals surface area contributed by atoms with E-state index < -0.39 is 0 Å². The van der Waals surface area contributed by atoms with Gasteiger partial charge < -0.3 is 15.5 Å². The molecule has 1 aromatic heterocycles. The lowest BCUT2D eigenvalue weighted by molar-refractivity contribution is -0.133. The molecule has 23 heavy (non-hydrogen) atoms. The van der Waals surface area contributed by atoms with Crippen molar-refractivity contribution >= 4 is 47.2 Å². The predicted molar refractivity (Wildman–Crippen MR) is 105 cm³/mol. The third-order valence-electron chi connectivity index (χ3n) is 3.63. The number of aryl methyl sites for hydroxylation is 1. The molecule has 1 fully saturated rings. The van der Waals surface area contributed by atoms with Gasteiger partial charge in [0.05, 0.1) is 6.54 Å². The second-order valence-corrected chi connectivity index (χ2v) is 6.82. The van der Waals surface area contributed by atoms with Gasteiger partial charge in [-0.15, -0.1) is 35.3 Å². The molecule has 1 saturated heterocycles. The van der Waals surface area contributed by atoms with Crippen molar-refractivity contribution in [2.24, 2.45) is 10.9 Å². The average molecular weight is 451 g/mol. The van der Waals surface area contributed by atoms with Crippen molar-refractivity contribution in [3.05, 3.63) is 16.1 Å². The first-order chi connectivity index (χ1) is 10.5. The van der Waals surface area contributed by atoms with Gasteiger partial charge in [-0.3, -0.25) is 9.79 Å². The molecule has 2 heterocycles. The van der Waals surface area contributed by atoms with Gasteiger partial charge in [0.15, 0.2) is 5.96 Å². The number of amides is 1. The number of halogens is 1. The van der Waals surface area contributed by atoms with Crippen molar-refractivity contribution in [1.82, 2.24) is 20.5 Å². The molecule has 130 valence electrons. The zero-order valence-electron chi connectivity index (χ0n) is 14.1. The molecule has 1 amide bonds. The molecule has 2 rings (SSSR count). The topological polar surface area (TPSA) is 69.6 Å². The number of carbonyl (C=O) groups is 1. The van der Waals surface area contributed by atoms with Gasteiger partial charge in [-0.1, -0.05) is 13.8 Å². The average Bonchev–Trinajstić information content (AvgIpc) is 3.11. The molecule has 0 aromatic carbocycles. The third kappa shape index (κ3) is 5.91. The number of guanidine groups is 1. The van der Waals surface area contributed by atoms with Crippen LogP contribution in [0.15, 0.2) is 10.4 Å². The molecule has 1 aliphatic rings. The Morgan fingerprint density at radius 3 is 2.87 bits per heavy atom. The predicted octanol–water partition coefficient (Wildman–Crippen LogP) is 1.99. The summed E-state index contributed by atoms with van der Waals surface area (Å²) in [6.45, 7) is 8.11. The van der Waals surface area contributed by atoms with Crippen molar-refractivity contribution in [2.45, 2.75) is 39.8 Å². The summed E-state index contributed by atoms with van der Waals surface area (Å²) < 4.78 is 0. The summed E-state index contributed by atoms with van der Waals surface area (Å²) in [5.41, 5.74) is 1.04. The number of nitrogens with zero attached hydrogens (tertiary/aromatic N) is 3. The molecule has 1 aromatic rings. The second kappa shape index (κ2) is 9.41. The minimum Gasteiger partial charge on any atom is -0.352 e. The summed E-state index contributed by atoms with van der Waals surface area (Å²) in [6.07, 6.45) is 0.954. The molecule has 0 saturated carbocycles. The molecular formula is C15H26IN5OS. The Balaban J connectivity index is 0.00000264. The van der Waals surface area contributed by atoms with Crippen LogP contribution < -0.4 is 10.6 Å². The minimum absolute atomic E-state index is 0. The first-order valence-corrected chi connectivity index (χ1v) is 8.54. The van der Waals surface area contributed by atoms with Crippen molar-refractivity contribution in [2.75, 3.05) is 20.1 Å². The van der Waals surface area contributed by atoms with Gasteiger partial charge in [0, 0.05) is 43.2 Å². The van der Waals surface area contributed by atoms with Crippen LogP contribution in [-0.4, -0.2) is 47.9 Å². The van der Waals surface area contributed by atoms with Gasteiger partial charge in [-0.2, -0.15) is 0 Å². The first kappa shape index (κ1) is 20.1. The van der Waals surface area contributed by atoms with Gasteiger partial charge in [0.1, 0.15) is 5.01 Å². The Bertz CT molecular complexity index is 546. The Hall–Kier alpha value is -0.900. The van der Waals surface area contributed by atoms with Crippen LogP contribution in [0.4, 0.5) is 0 Å².